The van der Waals surface area contributed by atoms with E-state index in [4.69, 9.17) is 5.11 Å². The number of alkyl halides is 6. The fourth-order valence-corrected chi connectivity index (χ4v) is 1.87. The van der Waals surface area contributed by atoms with Crippen molar-refractivity contribution in [2.75, 3.05) is 0 Å². The Bertz CT molecular complexity index is 512. The number of hydrogen-bond acceptors (Lipinski definition) is 3. The molecule has 106 valence electrons. The Morgan fingerprint density at radius 1 is 1.26 bits per heavy atom. The number of aromatic nitrogens is 1. The van der Waals surface area contributed by atoms with Crippen LogP contribution in [0.15, 0.2) is 6.07 Å². The van der Waals surface area contributed by atoms with Gasteiger partial charge in [-0.05, 0) is 28.7 Å². The Balaban J connectivity index is 3.49. The van der Waals surface area contributed by atoms with Crippen molar-refractivity contribution in [2.24, 2.45) is 0 Å². The van der Waals surface area contributed by atoms with Crippen molar-refractivity contribution in [1.82, 2.24) is 4.98 Å². The SMILES string of the molecule is O=C(O)c1cc(I)c(C(F)(F)F)c(OC(F)(F)F)n1. The molecular formula is C8H2F6INO3. The van der Waals surface area contributed by atoms with Gasteiger partial charge in [-0.15, -0.1) is 13.2 Å². The molecule has 0 aliphatic carbocycles. The maximum Gasteiger partial charge on any atom is 0.574 e. The van der Waals surface area contributed by atoms with E-state index in [-0.39, 0.29) is 0 Å². The van der Waals surface area contributed by atoms with Crippen molar-refractivity contribution in [3.8, 4) is 5.88 Å². The summed E-state index contributed by atoms with van der Waals surface area (Å²) in [6, 6.07) is 0.495. The van der Waals surface area contributed by atoms with E-state index in [0.717, 1.165) is 22.6 Å². The lowest BCUT2D eigenvalue weighted by molar-refractivity contribution is -0.278. The number of hydrogen-bond donors (Lipinski definition) is 1. The highest BCUT2D eigenvalue weighted by molar-refractivity contribution is 14.1. The molecule has 1 aromatic heterocycles. The van der Waals surface area contributed by atoms with Gasteiger partial charge in [0.05, 0.1) is 0 Å². The predicted octanol–water partition coefficient (Wildman–Crippen LogP) is 3.30. The molecule has 0 unspecified atom stereocenters. The van der Waals surface area contributed by atoms with Crippen LogP contribution < -0.4 is 4.74 Å². The Hall–Kier alpha value is -1.27. The number of ether oxygens (including phenoxy) is 1. The highest BCUT2D eigenvalue weighted by atomic mass is 127. The Labute approximate surface area is 114 Å². The van der Waals surface area contributed by atoms with Gasteiger partial charge in [0.2, 0.25) is 5.88 Å². The number of carbonyl (C=O) groups is 1. The molecule has 0 amide bonds. The molecule has 19 heavy (non-hydrogen) atoms. The largest absolute Gasteiger partial charge is 0.574 e. The van der Waals surface area contributed by atoms with Gasteiger partial charge in [0.25, 0.3) is 0 Å². The first-order valence-electron chi connectivity index (χ1n) is 4.18. The molecule has 0 aromatic carbocycles. The number of rotatable bonds is 2. The Kier molecular flexibility index (Phi) is 4.17. The third kappa shape index (κ3) is 4.11. The maximum absolute atomic E-state index is 12.6. The molecule has 0 bridgehead atoms. The molecule has 0 saturated carbocycles. The molecule has 0 aliphatic rings. The van der Waals surface area contributed by atoms with E-state index in [2.05, 4.69) is 9.72 Å². The zero-order chi connectivity index (χ0) is 15.0. The molecule has 0 spiro atoms. The molecule has 1 aromatic rings. The highest BCUT2D eigenvalue weighted by Gasteiger charge is 2.42. The average Bonchev–Trinajstić information content (AvgIpc) is 2.10. The van der Waals surface area contributed by atoms with Gasteiger partial charge in [0, 0.05) is 3.57 Å². The van der Waals surface area contributed by atoms with Crippen molar-refractivity contribution in [1.29, 1.82) is 0 Å². The van der Waals surface area contributed by atoms with Crippen LogP contribution in [0.25, 0.3) is 0 Å². The Morgan fingerprint density at radius 2 is 1.79 bits per heavy atom. The molecule has 0 radical (unpaired) electrons. The van der Waals surface area contributed by atoms with Crippen molar-refractivity contribution in [2.45, 2.75) is 12.5 Å². The van der Waals surface area contributed by atoms with Crippen LogP contribution in [0, 0.1) is 3.57 Å². The van der Waals surface area contributed by atoms with Crippen LogP contribution in [0.5, 0.6) is 5.88 Å². The summed E-state index contributed by atoms with van der Waals surface area (Å²) >= 11 is 1.05. The van der Waals surface area contributed by atoms with E-state index < -0.39 is 39.2 Å². The van der Waals surface area contributed by atoms with Gasteiger partial charge < -0.3 is 9.84 Å². The first-order chi connectivity index (χ1) is 8.42. The normalized spacial score (nSPS) is 12.4. The minimum atomic E-state index is -5.42. The van der Waals surface area contributed by atoms with Gasteiger partial charge in [-0.1, -0.05) is 0 Å². The molecule has 1 N–H and O–H groups in total. The van der Waals surface area contributed by atoms with E-state index in [1.807, 2.05) is 0 Å². The van der Waals surface area contributed by atoms with Crippen LogP contribution >= 0.6 is 22.6 Å². The van der Waals surface area contributed by atoms with Gasteiger partial charge >= 0.3 is 18.5 Å². The maximum atomic E-state index is 12.6. The van der Waals surface area contributed by atoms with Crippen LogP contribution in [-0.4, -0.2) is 22.4 Å². The molecular weight excluding hydrogens is 399 g/mol. The quantitative estimate of drug-likeness (QED) is 0.611. The van der Waals surface area contributed by atoms with Crippen molar-refractivity contribution < 1.29 is 41.0 Å². The molecule has 0 saturated heterocycles. The van der Waals surface area contributed by atoms with Crippen LogP contribution in [0.1, 0.15) is 16.1 Å². The lowest BCUT2D eigenvalue weighted by atomic mass is 10.2. The second-order valence-electron chi connectivity index (χ2n) is 3.02. The second kappa shape index (κ2) is 5.02. The molecule has 0 atom stereocenters. The van der Waals surface area contributed by atoms with Gasteiger partial charge in [-0.2, -0.15) is 13.2 Å². The molecule has 1 heterocycles. The summed E-state index contributed by atoms with van der Waals surface area (Å²) in [6.45, 7) is 0. The summed E-state index contributed by atoms with van der Waals surface area (Å²) in [6.07, 6.45) is -10.6. The zero-order valence-electron chi connectivity index (χ0n) is 8.43. The second-order valence-corrected chi connectivity index (χ2v) is 4.18. The predicted molar refractivity (Wildman–Crippen MR) is 55.6 cm³/mol. The van der Waals surface area contributed by atoms with E-state index in [1.165, 1.54) is 0 Å². The van der Waals surface area contributed by atoms with Gasteiger partial charge in [0.15, 0.2) is 5.69 Å². The third-order valence-electron chi connectivity index (χ3n) is 1.65. The number of halogens is 7. The van der Waals surface area contributed by atoms with Crippen LogP contribution in [-0.2, 0) is 6.18 Å². The van der Waals surface area contributed by atoms with E-state index >= 15 is 0 Å². The summed E-state index contributed by atoms with van der Waals surface area (Å²) in [4.78, 5) is 13.3. The topological polar surface area (TPSA) is 59.4 Å². The van der Waals surface area contributed by atoms with Crippen LogP contribution in [0.4, 0.5) is 26.3 Å². The summed E-state index contributed by atoms with van der Waals surface area (Å²) in [5.74, 6) is -3.62. The molecule has 11 heteroatoms. The zero-order valence-corrected chi connectivity index (χ0v) is 10.6. The summed E-state index contributed by atoms with van der Waals surface area (Å²) in [7, 11) is 0. The first-order valence-corrected chi connectivity index (χ1v) is 5.26. The van der Waals surface area contributed by atoms with Gasteiger partial charge in [-0.25, -0.2) is 9.78 Å². The van der Waals surface area contributed by atoms with E-state index in [9.17, 15) is 31.1 Å². The summed E-state index contributed by atoms with van der Waals surface area (Å²) < 4.78 is 76.1. The number of aromatic carboxylic acids is 1. The first kappa shape index (κ1) is 15.8. The van der Waals surface area contributed by atoms with Crippen molar-refractivity contribution in [3.63, 3.8) is 0 Å². The number of nitrogens with zero attached hydrogens (tertiary/aromatic N) is 1. The van der Waals surface area contributed by atoms with Crippen molar-refractivity contribution in [3.05, 3.63) is 20.9 Å². The fraction of sp³-hybridized carbons (Fsp3) is 0.250. The third-order valence-corrected chi connectivity index (χ3v) is 2.50. The summed E-state index contributed by atoms with van der Waals surface area (Å²) in [5, 5.41) is 8.54. The minimum Gasteiger partial charge on any atom is -0.477 e. The highest BCUT2D eigenvalue weighted by Crippen LogP contribution is 2.40. The smallest absolute Gasteiger partial charge is 0.477 e. The standard InChI is InChI=1S/C8H2F6INO3/c9-7(10,11)4-2(15)1-3(6(17)18)16-5(4)19-8(12,13)14/h1H,(H,17,18). The Morgan fingerprint density at radius 3 is 2.16 bits per heavy atom. The van der Waals surface area contributed by atoms with Crippen molar-refractivity contribution >= 4 is 28.6 Å². The van der Waals surface area contributed by atoms with E-state index in [0.29, 0.717) is 6.07 Å². The van der Waals surface area contributed by atoms with Gasteiger partial charge in [-0.3, -0.25) is 0 Å². The number of carboxylic acids is 1. The average molecular weight is 401 g/mol. The monoisotopic (exact) mass is 401 g/mol. The number of carboxylic acid groups (broad SMARTS) is 1. The van der Waals surface area contributed by atoms with Crippen LogP contribution in [0.3, 0.4) is 0 Å². The fourth-order valence-electron chi connectivity index (χ4n) is 1.04. The van der Waals surface area contributed by atoms with Gasteiger partial charge in [0.1, 0.15) is 5.56 Å². The lowest BCUT2D eigenvalue weighted by Gasteiger charge is -2.16. The lowest BCUT2D eigenvalue weighted by Crippen LogP contribution is -2.23. The molecule has 4 nitrogen and oxygen atoms in total. The summed E-state index contributed by atoms with van der Waals surface area (Å²) in [5.41, 5.74) is -2.77. The minimum absolute atomic E-state index is 0.495. The van der Waals surface area contributed by atoms with Crippen LogP contribution in [0.2, 0.25) is 0 Å². The molecule has 0 aliphatic heterocycles. The van der Waals surface area contributed by atoms with E-state index in [1.54, 1.807) is 0 Å². The molecule has 1 rings (SSSR count). The number of pyridine rings is 1. The molecule has 0 fully saturated rings.